The maximum atomic E-state index is 12.2. The molecule has 0 radical (unpaired) electrons. The number of fused-ring (bicyclic) bond motifs is 2. The second-order valence-electron chi connectivity index (χ2n) is 6.94. The molecule has 0 aliphatic rings. The van der Waals surface area contributed by atoms with E-state index in [2.05, 4.69) is 10.3 Å². The number of aryl methyl sites for hydroxylation is 2. The van der Waals surface area contributed by atoms with Gasteiger partial charge in [0.05, 0.1) is 11.1 Å². The van der Waals surface area contributed by atoms with Crippen LogP contribution in [0.2, 0.25) is 0 Å². The number of carboxylic acids is 1. The number of aromatic carboxylic acids is 1. The number of carboxylic acid groups (broad SMARTS) is 1. The molecule has 0 atom stereocenters. The Morgan fingerprint density at radius 2 is 1.45 bits per heavy atom. The predicted molar refractivity (Wildman–Crippen MR) is 123 cm³/mol. The SMILES string of the molecule is Cn1cc(C(=O)Nc2nccs2)c2ccccc21.Cn1cc(C(=O)O)c2ccccc21. The minimum atomic E-state index is -0.878. The van der Waals surface area contributed by atoms with E-state index in [0.717, 1.165) is 21.8 Å². The van der Waals surface area contributed by atoms with Crippen LogP contribution in [0.25, 0.3) is 21.8 Å². The Hall–Kier alpha value is -3.91. The summed E-state index contributed by atoms with van der Waals surface area (Å²) in [4.78, 5) is 27.0. The molecule has 3 heterocycles. The monoisotopic (exact) mass is 432 g/mol. The third-order valence-electron chi connectivity index (χ3n) is 4.92. The van der Waals surface area contributed by atoms with Crippen LogP contribution in [0.15, 0.2) is 72.5 Å². The first-order valence-electron chi connectivity index (χ1n) is 9.48. The Bertz CT molecular complexity index is 1380. The van der Waals surface area contributed by atoms with Crippen molar-refractivity contribution < 1.29 is 14.7 Å². The number of carbonyl (C=O) groups excluding carboxylic acids is 1. The van der Waals surface area contributed by atoms with Gasteiger partial charge in [-0.15, -0.1) is 11.3 Å². The molecule has 3 aromatic heterocycles. The van der Waals surface area contributed by atoms with E-state index in [0.29, 0.717) is 16.3 Å². The zero-order valence-electron chi connectivity index (χ0n) is 16.9. The average molecular weight is 433 g/mol. The Morgan fingerprint density at radius 3 is 2.00 bits per heavy atom. The molecule has 0 fully saturated rings. The summed E-state index contributed by atoms with van der Waals surface area (Å²) in [7, 11) is 3.78. The van der Waals surface area contributed by atoms with Crippen molar-refractivity contribution in [2.75, 3.05) is 5.32 Å². The highest BCUT2D eigenvalue weighted by atomic mass is 32.1. The number of anilines is 1. The minimum absolute atomic E-state index is 0.123. The van der Waals surface area contributed by atoms with Gasteiger partial charge in [-0.2, -0.15) is 0 Å². The fraction of sp³-hybridized carbons (Fsp3) is 0.0870. The minimum Gasteiger partial charge on any atom is -0.478 e. The van der Waals surface area contributed by atoms with Gasteiger partial charge in [0.15, 0.2) is 5.13 Å². The summed E-state index contributed by atoms with van der Waals surface area (Å²) in [6.45, 7) is 0. The van der Waals surface area contributed by atoms with Gasteiger partial charge in [-0.05, 0) is 12.1 Å². The lowest BCUT2D eigenvalue weighted by Crippen LogP contribution is -2.11. The Balaban J connectivity index is 0.000000158. The van der Waals surface area contributed by atoms with E-state index in [9.17, 15) is 9.59 Å². The van der Waals surface area contributed by atoms with E-state index < -0.39 is 5.97 Å². The van der Waals surface area contributed by atoms with Crippen LogP contribution in [0.5, 0.6) is 0 Å². The van der Waals surface area contributed by atoms with Crippen LogP contribution >= 0.6 is 11.3 Å². The summed E-state index contributed by atoms with van der Waals surface area (Å²) >= 11 is 1.41. The topological polar surface area (TPSA) is 89.2 Å². The molecule has 0 saturated heterocycles. The van der Waals surface area contributed by atoms with E-state index >= 15 is 0 Å². The molecule has 0 saturated carbocycles. The first-order valence-corrected chi connectivity index (χ1v) is 10.4. The van der Waals surface area contributed by atoms with E-state index in [1.54, 1.807) is 12.4 Å². The van der Waals surface area contributed by atoms with Gasteiger partial charge in [0.1, 0.15) is 0 Å². The van der Waals surface area contributed by atoms with Crippen LogP contribution in [-0.4, -0.2) is 31.1 Å². The summed E-state index contributed by atoms with van der Waals surface area (Å²) in [5.74, 6) is -1.00. The van der Waals surface area contributed by atoms with Crippen LogP contribution < -0.4 is 5.32 Å². The van der Waals surface area contributed by atoms with Crippen molar-refractivity contribution in [3.05, 3.63) is 83.6 Å². The highest BCUT2D eigenvalue weighted by molar-refractivity contribution is 7.13. The normalized spacial score (nSPS) is 10.6. The molecule has 8 heteroatoms. The first kappa shape index (κ1) is 20.4. The van der Waals surface area contributed by atoms with Crippen molar-refractivity contribution in [1.29, 1.82) is 0 Å². The van der Waals surface area contributed by atoms with Gasteiger partial charge < -0.3 is 14.2 Å². The lowest BCUT2D eigenvalue weighted by atomic mass is 10.1. The molecule has 0 bridgehead atoms. The third kappa shape index (κ3) is 4.06. The quantitative estimate of drug-likeness (QED) is 0.430. The number of nitrogens with one attached hydrogen (secondary N) is 1. The van der Waals surface area contributed by atoms with Gasteiger partial charge in [0.25, 0.3) is 5.91 Å². The summed E-state index contributed by atoms with van der Waals surface area (Å²) < 4.78 is 3.77. The number of amides is 1. The molecule has 2 aromatic carbocycles. The zero-order chi connectivity index (χ0) is 22.0. The highest BCUT2D eigenvalue weighted by Crippen LogP contribution is 2.22. The molecule has 5 rings (SSSR count). The van der Waals surface area contributed by atoms with E-state index in [-0.39, 0.29) is 5.91 Å². The van der Waals surface area contributed by atoms with E-state index in [4.69, 9.17) is 5.11 Å². The molecule has 31 heavy (non-hydrogen) atoms. The van der Waals surface area contributed by atoms with Gasteiger partial charge in [-0.3, -0.25) is 10.1 Å². The average Bonchev–Trinajstić information content (AvgIpc) is 3.48. The fourth-order valence-corrected chi connectivity index (χ4v) is 4.01. The molecule has 156 valence electrons. The smallest absolute Gasteiger partial charge is 0.337 e. The van der Waals surface area contributed by atoms with Crippen LogP contribution in [0.4, 0.5) is 5.13 Å². The maximum absolute atomic E-state index is 12.2. The van der Waals surface area contributed by atoms with Gasteiger partial charge in [-0.25, -0.2) is 9.78 Å². The Morgan fingerprint density at radius 1 is 0.903 bits per heavy atom. The molecule has 0 unspecified atom stereocenters. The molecular weight excluding hydrogens is 412 g/mol. The molecular formula is C23H20N4O3S. The van der Waals surface area contributed by atoms with Crippen LogP contribution in [0.1, 0.15) is 20.7 Å². The van der Waals surface area contributed by atoms with Crippen LogP contribution in [0.3, 0.4) is 0 Å². The first-order chi connectivity index (χ1) is 15.0. The van der Waals surface area contributed by atoms with Crippen molar-refractivity contribution in [3.63, 3.8) is 0 Å². The number of thiazole rings is 1. The van der Waals surface area contributed by atoms with Crippen LogP contribution in [0, 0.1) is 0 Å². The van der Waals surface area contributed by atoms with Gasteiger partial charge in [0.2, 0.25) is 0 Å². The molecule has 0 aliphatic heterocycles. The second-order valence-corrected chi connectivity index (χ2v) is 7.83. The van der Waals surface area contributed by atoms with Crippen LogP contribution in [-0.2, 0) is 14.1 Å². The largest absolute Gasteiger partial charge is 0.478 e. The van der Waals surface area contributed by atoms with Crippen molar-refractivity contribution in [2.24, 2.45) is 14.1 Å². The summed E-state index contributed by atoms with van der Waals surface area (Å²) in [6.07, 6.45) is 5.14. The predicted octanol–water partition coefficient (Wildman–Crippen LogP) is 4.76. The van der Waals surface area contributed by atoms with Crippen molar-refractivity contribution in [3.8, 4) is 0 Å². The zero-order valence-corrected chi connectivity index (χ0v) is 17.8. The number of hydrogen-bond acceptors (Lipinski definition) is 4. The Kier molecular flexibility index (Phi) is 5.55. The molecule has 1 amide bonds. The standard InChI is InChI=1S/C13H11N3OS.C10H9NO2/c1-16-8-10(9-4-2-3-5-11(9)16)12(17)15-13-14-6-7-18-13;1-11-6-8(10(12)13)7-4-2-3-5-9(7)11/h2-8H,1H3,(H,14,15,17);2-6H,1H3,(H,12,13). The highest BCUT2D eigenvalue weighted by Gasteiger charge is 2.14. The van der Waals surface area contributed by atoms with Gasteiger partial charge in [-0.1, -0.05) is 36.4 Å². The number of nitrogens with zero attached hydrogens (tertiary/aromatic N) is 3. The van der Waals surface area contributed by atoms with E-state index in [1.807, 2.05) is 83.3 Å². The summed E-state index contributed by atoms with van der Waals surface area (Å²) in [5, 5.41) is 15.9. The molecule has 5 aromatic rings. The number of benzene rings is 2. The third-order valence-corrected chi connectivity index (χ3v) is 5.61. The second kappa shape index (κ2) is 8.45. The van der Waals surface area contributed by atoms with Gasteiger partial charge >= 0.3 is 5.97 Å². The van der Waals surface area contributed by atoms with Crippen molar-refractivity contribution >= 4 is 50.2 Å². The Labute approximate surface area is 182 Å². The summed E-state index contributed by atoms with van der Waals surface area (Å²) in [5.41, 5.74) is 3.02. The van der Waals surface area contributed by atoms with E-state index in [1.165, 1.54) is 11.3 Å². The molecule has 2 N–H and O–H groups in total. The number of aromatic nitrogens is 3. The maximum Gasteiger partial charge on any atom is 0.337 e. The van der Waals surface area contributed by atoms with Crippen molar-refractivity contribution in [2.45, 2.75) is 0 Å². The molecule has 0 aliphatic carbocycles. The summed E-state index contributed by atoms with van der Waals surface area (Å²) in [6, 6.07) is 15.3. The lowest BCUT2D eigenvalue weighted by Gasteiger charge is -1.99. The lowest BCUT2D eigenvalue weighted by molar-refractivity contribution is 0.0698. The number of carbonyl (C=O) groups is 2. The number of hydrogen-bond donors (Lipinski definition) is 2. The molecule has 0 spiro atoms. The van der Waals surface area contributed by atoms with Gasteiger partial charge in [0, 0.05) is 59.9 Å². The molecule has 7 nitrogen and oxygen atoms in total. The number of rotatable bonds is 3. The fourth-order valence-electron chi connectivity index (χ4n) is 3.48. The number of para-hydroxylation sites is 2. The van der Waals surface area contributed by atoms with Crippen molar-refractivity contribution in [1.82, 2.24) is 14.1 Å².